The van der Waals surface area contributed by atoms with E-state index in [1.54, 1.807) is 17.8 Å². The Bertz CT molecular complexity index is 865. The predicted octanol–water partition coefficient (Wildman–Crippen LogP) is 3.20. The maximum Gasteiger partial charge on any atom is 0.191 e. The van der Waals surface area contributed by atoms with Gasteiger partial charge in [-0.1, -0.05) is 29.8 Å². The molecule has 0 spiro atoms. The van der Waals surface area contributed by atoms with E-state index in [0.717, 1.165) is 35.5 Å². The van der Waals surface area contributed by atoms with E-state index >= 15 is 0 Å². The molecule has 1 fully saturated rings. The summed E-state index contributed by atoms with van der Waals surface area (Å²) in [6.45, 7) is 6.81. The van der Waals surface area contributed by atoms with Crippen molar-refractivity contribution in [2.75, 3.05) is 32.8 Å². The van der Waals surface area contributed by atoms with Gasteiger partial charge in [-0.2, -0.15) is 5.10 Å². The van der Waals surface area contributed by atoms with Gasteiger partial charge < -0.3 is 20.5 Å². The summed E-state index contributed by atoms with van der Waals surface area (Å²) in [6, 6.07) is 8.03. The fourth-order valence-electron chi connectivity index (χ4n) is 3.81. The summed E-state index contributed by atoms with van der Waals surface area (Å²) >= 11 is 6.56. The van der Waals surface area contributed by atoms with Crippen LogP contribution in [-0.4, -0.2) is 53.7 Å². The van der Waals surface area contributed by atoms with E-state index in [-0.39, 0.29) is 35.9 Å². The Labute approximate surface area is 206 Å². The van der Waals surface area contributed by atoms with Crippen LogP contribution in [0, 0.1) is 0 Å². The number of aryl methyl sites for hydroxylation is 1. The molecule has 0 aliphatic carbocycles. The molecule has 9 heteroatoms. The van der Waals surface area contributed by atoms with Gasteiger partial charge in [0.25, 0.3) is 0 Å². The minimum Gasteiger partial charge on any atom is -0.383 e. The molecule has 1 saturated heterocycles. The second-order valence-electron chi connectivity index (χ2n) is 8.10. The number of halogens is 2. The normalized spacial score (nSPS) is 18.0. The smallest absolute Gasteiger partial charge is 0.191 e. The Morgan fingerprint density at radius 1 is 1.32 bits per heavy atom. The van der Waals surface area contributed by atoms with Gasteiger partial charge in [0.2, 0.25) is 0 Å². The quantitative estimate of drug-likeness (QED) is 0.275. The summed E-state index contributed by atoms with van der Waals surface area (Å²) in [4.78, 5) is 4.65. The Morgan fingerprint density at radius 2 is 2.03 bits per heavy atom. The Hall–Kier alpha value is -1.36. The highest BCUT2D eigenvalue weighted by molar-refractivity contribution is 14.0. The topological polar surface area (TPSA) is 83.7 Å². The number of hydrogen-bond acceptors (Lipinski definition) is 4. The van der Waals surface area contributed by atoms with E-state index in [2.05, 4.69) is 26.8 Å². The van der Waals surface area contributed by atoms with Crippen LogP contribution in [0.25, 0.3) is 0 Å². The van der Waals surface area contributed by atoms with Crippen LogP contribution in [0.2, 0.25) is 5.02 Å². The molecule has 0 radical (unpaired) electrons. The summed E-state index contributed by atoms with van der Waals surface area (Å²) in [5, 5.41) is 22.5. The van der Waals surface area contributed by atoms with E-state index < -0.39 is 5.60 Å². The van der Waals surface area contributed by atoms with Crippen molar-refractivity contribution < 1.29 is 9.84 Å². The molecular formula is C22H33ClIN5O2. The minimum atomic E-state index is -1.10. The summed E-state index contributed by atoms with van der Waals surface area (Å²) in [7, 11) is 1.83. The standard InChI is InChI=1S/C22H32ClN5O2.HI/c1-4-24-20(25-15-21(2,29)17-13-27-28(3)14-17)26-16-22(9-11-30-12-10-22)18-7-5-6-8-19(18)23;/h5-8,13-14,29H,4,9-12,15-16H2,1-3H3,(H2,24,25,26);1H. The van der Waals surface area contributed by atoms with Crippen LogP contribution in [-0.2, 0) is 22.8 Å². The molecule has 7 nitrogen and oxygen atoms in total. The highest BCUT2D eigenvalue weighted by Gasteiger charge is 2.36. The van der Waals surface area contributed by atoms with Crippen LogP contribution >= 0.6 is 35.6 Å². The highest BCUT2D eigenvalue weighted by Crippen LogP contribution is 2.38. The van der Waals surface area contributed by atoms with E-state index in [1.165, 1.54) is 0 Å². The zero-order chi connectivity index (χ0) is 21.6. The molecule has 3 N–H and O–H groups in total. The predicted molar refractivity (Wildman–Crippen MR) is 135 cm³/mol. The van der Waals surface area contributed by atoms with Crippen LogP contribution in [0.1, 0.15) is 37.8 Å². The summed E-state index contributed by atoms with van der Waals surface area (Å²) in [5.74, 6) is 0.666. The lowest BCUT2D eigenvalue weighted by atomic mass is 9.74. The van der Waals surface area contributed by atoms with Gasteiger partial charge in [0.05, 0.1) is 12.7 Å². The number of benzene rings is 1. The monoisotopic (exact) mass is 561 g/mol. The molecule has 1 aliphatic rings. The Kier molecular flexibility index (Phi) is 9.60. The fourth-order valence-corrected chi connectivity index (χ4v) is 4.15. The van der Waals surface area contributed by atoms with E-state index in [4.69, 9.17) is 16.3 Å². The molecule has 172 valence electrons. The molecule has 3 rings (SSSR count). The molecule has 0 bridgehead atoms. The first kappa shape index (κ1) is 25.9. The molecule has 2 aromatic rings. The van der Waals surface area contributed by atoms with Crippen molar-refractivity contribution in [2.24, 2.45) is 12.0 Å². The Balaban J connectivity index is 0.00000341. The number of rotatable bonds is 7. The molecule has 0 amide bonds. The first-order chi connectivity index (χ1) is 14.4. The summed E-state index contributed by atoms with van der Waals surface area (Å²) in [5.41, 5.74) is 0.649. The maximum absolute atomic E-state index is 10.8. The SMILES string of the molecule is CCNC(=NCC(C)(O)c1cnn(C)c1)NCC1(c2ccccc2Cl)CCOCC1.I. The van der Waals surface area contributed by atoms with Crippen LogP contribution in [0.15, 0.2) is 41.7 Å². The van der Waals surface area contributed by atoms with Gasteiger partial charge in [-0.05, 0) is 38.3 Å². The van der Waals surface area contributed by atoms with Crippen LogP contribution in [0.3, 0.4) is 0 Å². The second-order valence-corrected chi connectivity index (χ2v) is 8.51. The van der Waals surface area contributed by atoms with Crippen LogP contribution in [0.4, 0.5) is 0 Å². The zero-order valence-electron chi connectivity index (χ0n) is 18.4. The van der Waals surface area contributed by atoms with Gasteiger partial charge in [0.1, 0.15) is 5.60 Å². The van der Waals surface area contributed by atoms with E-state index in [9.17, 15) is 5.11 Å². The molecule has 1 atom stereocenters. The highest BCUT2D eigenvalue weighted by atomic mass is 127. The number of aliphatic hydroxyl groups is 1. The molecule has 2 heterocycles. The number of hydrogen-bond donors (Lipinski definition) is 3. The molecule has 1 aromatic heterocycles. The van der Waals surface area contributed by atoms with Crippen molar-refractivity contribution >= 4 is 41.5 Å². The fraction of sp³-hybridized carbons (Fsp3) is 0.545. The lowest BCUT2D eigenvalue weighted by Crippen LogP contribution is -2.48. The third kappa shape index (κ3) is 6.57. The first-order valence-corrected chi connectivity index (χ1v) is 10.8. The molecule has 1 aliphatic heterocycles. The molecular weight excluding hydrogens is 529 g/mol. The summed E-state index contributed by atoms with van der Waals surface area (Å²) in [6.07, 6.45) is 5.25. The van der Waals surface area contributed by atoms with Gasteiger partial charge in [0, 0.05) is 55.5 Å². The zero-order valence-corrected chi connectivity index (χ0v) is 21.5. The number of nitrogens with zero attached hydrogens (tertiary/aromatic N) is 3. The largest absolute Gasteiger partial charge is 0.383 e. The van der Waals surface area contributed by atoms with Gasteiger partial charge in [0.15, 0.2) is 5.96 Å². The minimum absolute atomic E-state index is 0. The van der Waals surface area contributed by atoms with Crippen molar-refractivity contribution in [2.45, 2.75) is 37.7 Å². The van der Waals surface area contributed by atoms with Crippen LogP contribution in [0.5, 0.6) is 0 Å². The van der Waals surface area contributed by atoms with Crippen molar-refractivity contribution in [3.05, 3.63) is 52.8 Å². The lowest BCUT2D eigenvalue weighted by Gasteiger charge is -2.39. The molecule has 1 aromatic carbocycles. The van der Waals surface area contributed by atoms with Gasteiger partial charge in [-0.15, -0.1) is 24.0 Å². The number of aromatic nitrogens is 2. The molecule has 1 unspecified atom stereocenters. The second kappa shape index (κ2) is 11.5. The molecule has 31 heavy (non-hydrogen) atoms. The Morgan fingerprint density at radius 3 is 2.65 bits per heavy atom. The van der Waals surface area contributed by atoms with Gasteiger partial charge in [-0.3, -0.25) is 4.68 Å². The average molecular weight is 562 g/mol. The number of nitrogens with one attached hydrogen (secondary N) is 2. The maximum atomic E-state index is 10.8. The van der Waals surface area contributed by atoms with Gasteiger partial charge >= 0.3 is 0 Å². The van der Waals surface area contributed by atoms with E-state index in [0.29, 0.717) is 25.7 Å². The van der Waals surface area contributed by atoms with Crippen molar-refractivity contribution in [1.82, 2.24) is 20.4 Å². The van der Waals surface area contributed by atoms with Crippen molar-refractivity contribution in [3.63, 3.8) is 0 Å². The van der Waals surface area contributed by atoms with Crippen LogP contribution < -0.4 is 10.6 Å². The number of aliphatic imine (C=N–C) groups is 1. The summed E-state index contributed by atoms with van der Waals surface area (Å²) < 4.78 is 7.30. The molecule has 0 saturated carbocycles. The lowest BCUT2D eigenvalue weighted by molar-refractivity contribution is 0.0513. The van der Waals surface area contributed by atoms with Crippen molar-refractivity contribution in [3.8, 4) is 0 Å². The first-order valence-electron chi connectivity index (χ1n) is 10.4. The van der Waals surface area contributed by atoms with E-state index in [1.807, 2.05) is 38.4 Å². The third-order valence-corrected chi connectivity index (χ3v) is 6.03. The van der Waals surface area contributed by atoms with Crippen molar-refractivity contribution in [1.29, 1.82) is 0 Å². The third-order valence-electron chi connectivity index (χ3n) is 5.71. The average Bonchev–Trinajstić information content (AvgIpc) is 3.18. The number of ether oxygens (including phenoxy) is 1. The number of guanidine groups is 1. The van der Waals surface area contributed by atoms with Gasteiger partial charge in [-0.25, -0.2) is 4.99 Å².